The number of nitrogens with zero attached hydrogens (tertiary/aromatic N) is 2. The number of rotatable bonds is 2. The van der Waals surface area contributed by atoms with E-state index in [0.29, 0.717) is 5.76 Å². The fraction of sp³-hybridized carbons (Fsp3) is 0.0667. The summed E-state index contributed by atoms with van der Waals surface area (Å²) in [5.41, 5.74) is 0.526. The van der Waals surface area contributed by atoms with E-state index in [4.69, 9.17) is 27.6 Å². The first-order valence-electron chi connectivity index (χ1n) is 6.11. The molecule has 2 aromatic heterocycles. The van der Waals surface area contributed by atoms with Crippen LogP contribution in [0.25, 0.3) is 22.7 Å². The molecule has 106 valence electrons. The molecule has 0 aliphatic heterocycles. The Kier molecular flexibility index (Phi) is 3.66. The molecule has 21 heavy (non-hydrogen) atoms. The van der Waals surface area contributed by atoms with Crippen molar-refractivity contribution in [2.24, 2.45) is 0 Å². The van der Waals surface area contributed by atoms with Gasteiger partial charge in [-0.15, -0.1) is 0 Å². The van der Waals surface area contributed by atoms with Crippen LogP contribution >= 0.6 is 23.2 Å². The Morgan fingerprint density at radius 3 is 2.24 bits per heavy atom. The van der Waals surface area contributed by atoms with Crippen LogP contribution in [0.4, 0.5) is 4.39 Å². The first-order valence-corrected chi connectivity index (χ1v) is 6.86. The van der Waals surface area contributed by atoms with Crippen LogP contribution in [-0.2, 0) is 0 Å². The molecule has 0 aliphatic carbocycles. The highest BCUT2D eigenvalue weighted by molar-refractivity contribution is 6.37. The molecule has 0 unspecified atom stereocenters. The summed E-state index contributed by atoms with van der Waals surface area (Å²) in [6.45, 7) is 1.81. The normalized spacial score (nSPS) is 10.9. The second-order valence-corrected chi connectivity index (χ2v) is 5.11. The van der Waals surface area contributed by atoms with Crippen molar-refractivity contribution in [3.63, 3.8) is 0 Å². The highest BCUT2D eigenvalue weighted by Gasteiger charge is 2.18. The first-order chi connectivity index (χ1) is 10.1. The maximum absolute atomic E-state index is 13.9. The van der Waals surface area contributed by atoms with E-state index in [1.165, 1.54) is 6.07 Å². The zero-order valence-electron chi connectivity index (χ0n) is 10.9. The van der Waals surface area contributed by atoms with E-state index in [-0.39, 0.29) is 27.3 Å². The highest BCUT2D eigenvalue weighted by Crippen LogP contribution is 2.35. The minimum absolute atomic E-state index is 0.0733. The molecule has 0 aliphatic rings. The molecule has 0 amide bonds. The number of benzene rings is 1. The Hall–Kier alpha value is -1.91. The Labute approximate surface area is 130 Å². The number of aryl methyl sites for hydroxylation is 1. The van der Waals surface area contributed by atoms with Gasteiger partial charge >= 0.3 is 0 Å². The zero-order chi connectivity index (χ0) is 15.0. The molecule has 0 saturated carbocycles. The number of hydrogen-bond acceptors (Lipinski definition) is 3. The molecule has 0 saturated heterocycles. The van der Waals surface area contributed by atoms with Crippen molar-refractivity contribution in [1.82, 2.24) is 9.97 Å². The number of aromatic nitrogens is 2. The summed E-state index contributed by atoms with van der Waals surface area (Å²) in [6, 6.07) is 9.68. The lowest BCUT2D eigenvalue weighted by molar-refractivity contribution is 0.544. The molecule has 0 atom stereocenters. The molecule has 3 aromatic rings. The monoisotopic (exact) mass is 322 g/mol. The Morgan fingerprint density at radius 2 is 1.67 bits per heavy atom. The van der Waals surface area contributed by atoms with Gasteiger partial charge in [0.2, 0.25) is 0 Å². The summed E-state index contributed by atoms with van der Waals surface area (Å²) >= 11 is 12.3. The molecule has 0 radical (unpaired) electrons. The van der Waals surface area contributed by atoms with E-state index in [1.807, 2.05) is 0 Å². The van der Waals surface area contributed by atoms with Gasteiger partial charge in [-0.05, 0) is 25.1 Å². The van der Waals surface area contributed by atoms with E-state index in [1.54, 1.807) is 37.3 Å². The van der Waals surface area contributed by atoms with Gasteiger partial charge in [0, 0.05) is 5.56 Å². The topological polar surface area (TPSA) is 38.9 Å². The molecule has 0 spiro atoms. The van der Waals surface area contributed by atoms with Crippen LogP contribution in [0.15, 0.2) is 40.8 Å². The summed E-state index contributed by atoms with van der Waals surface area (Å²) in [5.74, 6) is 1.00. The van der Waals surface area contributed by atoms with Gasteiger partial charge in [0.25, 0.3) is 0 Å². The largest absolute Gasteiger partial charge is 0.458 e. The van der Waals surface area contributed by atoms with Crippen molar-refractivity contribution in [1.29, 1.82) is 0 Å². The molecule has 3 nitrogen and oxygen atoms in total. The summed E-state index contributed by atoms with van der Waals surface area (Å²) in [6.07, 6.45) is 0. The van der Waals surface area contributed by atoms with Gasteiger partial charge in [-0.25, -0.2) is 14.4 Å². The predicted octanol–water partition coefficient (Wildman–Crippen LogP) is 5.16. The van der Waals surface area contributed by atoms with Crippen LogP contribution < -0.4 is 0 Å². The maximum atomic E-state index is 13.9. The van der Waals surface area contributed by atoms with E-state index in [9.17, 15) is 4.39 Å². The minimum atomic E-state index is -0.438. The second kappa shape index (κ2) is 5.47. The first kappa shape index (κ1) is 14.0. The van der Waals surface area contributed by atoms with E-state index in [0.717, 1.165) is 5.76 Å². The van der Waals surface area contributed by atoms with E-state index in [2.05, 4.69) is 9.97 Å². The van der Waals surface area contributed by atoms with Gasteiger partial charge in [0.05, 0.1) is 5.56 Å². The third-order valence-electron chi connectivity index (χ3n) is 2.92. The molecule has 2 heterocycles. The number of halogens is 3. The number of furan rings is 1. The average Bonchev–Trinajstić information content (AvgIpc) is 2.87. The van der Waals surface area contributed by atoms with Crippen molar-refractivity contribution in [3.05, 3.63) is 58.3 Å². The van der Waals surface area contributed by atoms with E-state index >= 15 is 0 Å². The van der Waals surface area contributed by atoms with Crippen LogP contribution in [0.1, 0.15) is 5.76 Å². The smallest absolute Gasteiger partial charge is 0.198 e. The van der Waals surface area contributed by atoms with Gasteiger partial charge < -0.3 is 4.42 Å². The van der Waals surface area contributed by atoms with Gasteiger partial charge in [-0.1, -0.05) is 41.4 Å². The van der Waals surface area contributed by atoms with Crippen LogP contribution in [0.5, 0.6) is 0 Å². The average molecular weight is 323 g/mol. The summed E-state index contributed by atoms with van der Waals surface area (Å²) in [7, 11) is 0. The number of hydrogen-bond donors (Lipinski definition) is 0. The second-order valence-electron chi connectivity index (χ2n) is 4.39. The van der Waals surface area contributed by atoms with Crippen molar-refractivity contribution in [2.75, 3.05) is 0 Å². The van der Waals surface area contributed by atoms with Crippen molar-refractivity contribution in [3.8, 4) is 22.7 Å². The van der Waals surface area contributed by atoms with Crippen LogP contribution in [0.2, 0.25) is 10.3 Å². The van der Waals surface area contributed by atoms with Gasteiger partial charge in [-0.2, -0.15) is 0 Å². The third-order valence-corrected chi connectivity index (χ3v) is 3.47. The summed E-state index contributed by atoms with van der Waals surface area (Å²) < 4.78 is 19.3. The third kappa shape index (κ3) is 2.64. The Morgan fingerprint density at radius 1 is 1.00 bits per heavy atom. The predicted molar refractivity (Wildman–Crippen MR) is 79.9 cm³/mol. The van der Waals surface area contributed by atoms with Crippen LogP contribution in [-0.4, -0.2) is 9.97 Å². The summed E-state index contributed by atoms with van der Waals surface area (Å²) in [4.78, 5) is 8.29. The standard InChI is InChI=1S/C15H9Cl2FN2O/c1-8-6-7-11(21-8)15-19-13(16)12(14(17)20-15)9-4-2-3-5-10(9)18/h2-7H,1H3. The van der Waals surface area contributed by atoms with Crippen LogP contribution in [0, 0.1) is 12.7 Å². The fourth-order valence-electron chi connectivity index (χ4n) is 1.96. The van der Waals surface area contributed by atoms with Crippen LogP contribution in [0.3, 0.4) is 0 Å². The molecule has 0 N–H and O–H groups in total. The SMILES string of the molecule is Cc1ccc(-c2nc(Cl)c(-c3ccccc3F)c(Cl)n2)o1. The van der Waals surface area contributed by atoms with Crippen molar-refractivity contribution >= 4 is 23.2 Å². The molecular formula is C15H9Cl2FN2O. The zero-order valence-corrected chi connectivity index (χ0v) is 12.4. The van der Waals surface area contributed by atoms with E-state index < -0.39 is 5.82 Å². The maximum Gasteiger partial charge on any atom is 0.198 e. The molecule has 1 aromatic carbocycles. The Bertz CT molecular complexity index is 794. The lowest BCUT2D eigenvalue weighted by Crippen LogP contribution is -1.95. The summed E-state index contributed by atoms with van der Waals surface area (Å²) in [5, 5.41) is 0.147. The lowest BCUT2D eigenvalue weighted by atomic mass is 10.1. The highest BCUT2D eigenvalue weighted by atomic mass is 35.5. The molecule has 0 bridgehead atoms. The fourth-order valence-corrected chi connectivity index (χ4v) is 2.55. The minimum Gasteiger partial charge on any atom is -0.458 e. The quantitative estimate of drug-likeness (QED) is 0.612. The molecule has 3 rings (SSSR count). The van der Waals surface area contributed by atoms with Gasteiger partial charge in [0.15, 0.2) is 11.6 Å². The van der Waals surface area contributed by atoms with Gasteiger partial charge in [0.1, 0.15) is 21.9 Å². The molecular weight excluding hydrogens is 314 g/mol. The van der Waals surface area contributed by atoms with Crippen molar-refractivity contribution < 1.29 is 8.81 Å². The molecule has 0 fully saturated rings. The lowest BCUT2D eigenvalue weighted by Gasteiger charge is -2.08. The van der Waals surface area contributed by atoms with Crippen molar-refractivity contribution in [2.45, 2.75) is 6.92 Å². The van der Waals surface area contributed by atoms with Gasteiger partial charge in [-0.3, -0.25) is 0 Å². The molecule has 6 heteroatoms. The Balaban J connectivity index is 2.15.